The lowest BCUT2D eigenvalue weighted by molar-refractivity contribution is -0.145. The molecule has 0 aromatic carbocycles. The van der Waals surface area contributed by atoms with E-state index < -0.39 is 18.0 Å². The Balaban J connectivity index is 2.61. The molecule has 1 N–H and O–H groups in total. The zero-order valence-corrected chi connectivity index (χ0v) is 9.80. The Morgan fingerprint density at radius 1 is 1.53 bits per heavy atom. The molecule has 0 aliphatic carbocycles. The van der Waals surface area contributed by atoms with Crippen LogP contribution in [0.2, 0.25) is 0 Å². The summed E-state index contributed by atoms with van der Waals surface area (Å²) < 4.78 is 10.00. The quantitative estimate of drug-likeness (QED) is 0.737. The predicted octanol–water partition coefficient (Wildman–Crippen LogP) is 0.731. The van der Waals surface area contributed by atoms with Crippen molar-refractivity contribution in [2.24, 2.45) is 5.92 Å². The van der Waals surface area contributed by atoms with Crippen molar-refractivity contribution in [1.29, 1.82) is 0 Å². The van der Waals surface area contributed by atoms with Crippen molar-refractivity contribution in [3.63, 3.8) is 0 Å². The minimum absolute atomic E-state index is 0.116. The summed E-state index contributed by atoms with van der Waals surface area (Å²) in [7, 11) is 1.50. The van der Waals surface area contributed by atoms with Gasteiger partial charge < -0.3 is 19.5 Å². The lowest BCUT2D eigenvalue weighted by Crippen LogP contribution is -2.49. The van der Waals surface area contributed by atoms with E-state index in [9.17, 15) is 9.59 Å². The summed E-state index contributed by atoms with van der Waals surface area (Å²) >= 11 is 0. The van der Waals surface area contributed by atoms with Crippen molar-refractivity contribution in [1.82, 2.24) is 4.90 Å². The van der Waals surface area contributed by atoms with E-state index in [4.69, 9.17) is 14.6 Å². The molecule has 1 heterocycles. The Kier molecular flexibility index (Phi) is 4.96. The minimum atomic E-state index is -0.923. The Labute approximate surface area is 99.8 Å². The zero-order valence-electron chi connectivity index (χ0n) is 9.80. The number of carboxylic acids is 1. The molecule has 0 spiro atoms. The number of carboxylic acid groups (broad SMARTS) is 1. The number of methoxy groups -OCH3 is 1. The zero-order chi connectivity index (χ0) is 12.8. The topological polar surface area (TPSA) is 76.1 Å². The molecule has 17 heavy (non-hydrogen) atoms. The van der Waals surface area contributed by atoms with Gasteiger partial charge in [-0.15, -0.1) is 0 Å². The number of hydrogen-bond acceptors (Lipinski definition) is 4. The summed E-state index contributed by atoms with van der Waals surface area (Å²) in [5, 5.41) is 8.98. The van der Waals surface area contributed by atoms with E-state index in [1.54, 1.807) is 0 Å². The number of aliphatic carboxylic acids is 1. The molecular weight excluding hydrogens is 226 g/mol. The molecule has 6 nitrogen and oxygen atoms in total. The molecule has 2 atom stereocenters. The summed E-state index contributed by atoms with van der Waals surface area (Å²) in [5.74, 6) is -1.53. The van der Waals surface area contributed by atoms with Crippen molar-refractivity contribution in [2.45, 2.75) is 12.5 Å². The van der Waals surface area contributed by atoms with Gasteiger partial charge in [-0.1, -0.05) is 12.7 Å². The summed E-state index contributed by atoms with van der Waals surface area (Å²) in [6.45, 7) is 4.07. The summed E-state index contributed by atoms with van der Waals surface area (Å²) in [6, 6.07) is 0. The predicted molar refractivity (Wildman–Crippen MR) is 59.7 cm³/mol. The minimum Gasteiger partial charge on any atom is -0.481 e. The lowest BCUT2D eigenvalue weighted by Gasteiger charge is -2.34. The summed E-state index contributed by atoms with van der Waals surface area (Å²) in [6.07, 6.45) is 1.08. The molecule has 0 radical (unpaired) electrons. The van der Waals surface area contributed by atoms with Crippen LogP contribution in [0.25, 0.3) is 0 Å². The van der Waals surface area contributed by atoms with Gasteiger partial charge >= 0.3 is 12.1 Å². The van der Waals surface area contributed by atoms with Crippen LogP contribution in [0.15, 0.2) is 12.7 Å². The Morgan fingerprint density at radius 3 is 2.76 bits per heavy atom. The first kappa shape index (κ1) is 13.5. The Bertz CT molecular complexity index is 304. The van der Waals surface area contributed by atoms with Gasteiger partial charge in [0.25, 0.3) is 0 Å². The SMILES string of the molecule is C=CCOC(=O)N1CC(OC)CC(C(=O)O)C1. The molecule has 1 aliphatic rings. The van der Waals surface area contributed by atoms with Crippen LogP contribution in [0.1, 0.15) is 6.42 Å². The van der Waals surface area contributed by atoms with Gasteiger partial charge in [0.05, 0.1) is 18.6 Å². The van der Waals surface area contributed by atoms with Crippen molar-refractivity contribution < 1.29 is 24.2 Å². The number of nitrogens with zero attached hydrogens (tertiary/aromatic N) is 1. The molecule has 0 bridgehead atoms. The maximum Gasteiger partial charge on any atom is 0.410 e. The number of hydrogen-bond donors (Lipinski definition) is 1. The second-order valence-corrected chi connectivity index (χ2v) is 3.90. The van der Waals surface area contributed by atoms with E-state index in [-0.39, 0.29) is 19.3 Å². The number of carbonyl (C=O) groups is 2. The second kappa shape index (κ2) is 6.24. The molecule has 1 rings (SSSR count). The van der Waals surface area contributed by atoms with Crippen LogP contribution in [0.5, 0.6) is 0 Å². The number of amides is 1. The third-order valence-corrected chi connectivity index (χ3v) is 2.68. The largest absolute Gasteiger partial charge is 0.481 e. The highest BCUT2D eigenvalue weighted by atomic mass is 16.6. The first-order valence-corrected chi connectivity index (χ1v) is 5.36. The third kappa shape index (κ3) is 3.74. The first-order chi connectivity index (χ1) is 8.08. The van der Waals surface area contributed by atoms with Crippen molar-refractivity contribution in [3.8, 4) is 0 Å². The van der Waals surface area contributed by atoms with Gasteiger partial charge in [0, 0.05) is 13.7 Å². The monoisotopic (exact) mass is 243 g/mol. The van der Waals surface area contributed by atoms with Crippen molar-refractivity contribution >= 4 is 12.1 Å². The van der Waals surface area contributed by atoms with E-state index in [1.165, 1.54) is 18.1 Å². The van der Waals surface area contributed by atoms with E-state index in [1.807, 2.05) is 0 Å². The average Bonchev–Trinajstić information content (AvgIpc) is 2.35. The highest BCUT2D eigenvalue weighted by molar-refractivity contribution is 5.73. The molecule has 96 valence electrons. The molecule has 1 saturated heterocycles. The summed E-state index contributed by atoms with van der Waals surface area (Å²) in [5.41, 5.74) is 0. The molecule has 2 unspecified atom stereocenters. The van der Waals surface area contributed by atoms with Crippen LogP contribution in [0.4, 0.5) is 4.79 Å². The number of ether oxygens (including phenoxy) is 2. The third-order valence-electron chi connectivity index (χ3n) is 2.68. The van der Waals surface area contributed by atoms with Crippen molar-refractivity contribution in [3.05, 3.63) is 12.7 Å². The Morgan fingerprint density at radius 2 is 2.24 bits per heavy atom. The van der Waals surface area contributed by atoms with E-state index in [0.717, 1.165) is 0 Å². The Hall–Kier alpha value is -1.56. The molecule has 0 saturated carbocycles. The highest BCUT2D eigenvalue weighted by Crippen LogP contribution is 2.19. The van der Waals surface area contributed by atoms with Crippen LogP contribution in [0, 0.1) is 5.92 Å². The van der Waals surface area contributed by atoms with Gasteiger partial charge in [-0.25, -0.2) is 4.79 Å². The van der Waals surface area contributed by atoms with Crippen molar-refractivity contribution in [2.75, 3.05) is 26.8 Å². The van der Waals surface area contributed by atoms with Gasteiger partial charge in [-0.3, -0.25) is 4.79 Å². The van der Waals surface area contributed by atoms with E-state index in [0.29, 0.717) is 13.0 Å². The fourth-order valence-electron chi connectivity index (χ4n) is 1.77. The first-order valence-electron chi connectivity index (χ1n) is 5.36. The fraction of sp³-hybridized carbons (Fsp3) is 0.636. The standard InChI is InChI=1S/C11H17NO5/c1-3-4-17-11(15)12-6-8(10(13)14)5-9(7-12)16-2/h3,8-9H,1,4-7H2,2H3,(H,13,14). The van der Waals surface area contributed by atoms with Crippen LogP contribution < -0.4 is 0 Å². The molecule has 6 heteroatoms. The van der Waals surface area contributed by atoms with Crippen LogP contribution in [-0.2, 0) is 14.3 Å². The maximum atomic E-state index is 11.6. The normalized spacial score (nSPS) is 24.2. The fourth-order valence-corrected chi connectivity index (χ4v) is 1.77. The number of piperidine rings is 1. The molecular formula is C11H17NO5. The van der Waals surface area contributed by atoms with Crippen LogP contribution in [0.3, 0.4) is 0 Å². The number of rotatable bonds is 4. The van der Waals surface area contributed by atoms with Gasteiger partial charge in [0.1, 0.15) is 6.61 Å². The van der Waals surface area contributed by atoms with Gasteiger partial charge in [0.15, 0.2) is 0 Å². The van der Waals surface area contributed by atoms with E-state index in [2.05, 4.69) is 6.58 Å². The number of carbonyl (C=O) groups excluding carboxylic acids is 1. The molecule has 1 aliphatic heterocycles. The molecule has 0 aromatic rings. The van der Waals surface area contributed by atoms with Crippen LogP contribution in [-0.4, -0.2) is 55.0 Å². The van der Waals surface area contributed by atoms with Gasteiger partial charge in [0.2, 0.25) is 0 Å². The van der Waals surface area contributed by atoms with Gasteiger partial charge in [-0.2, -0.15) is 0 Å². The molecule has 1 amide bonds. The lowest BCUT2D eigenvalue weighted by atomic mass is 9.96. The van der Waals surface area contributed by atoms with Gasteiger partial charge in [-0.05, 0) is 6.42 Å². The summed E-state index contributed by atoms with van der Waals surface area (Å²) in [4.78, 5) is 23.9. The molecule has 1 fully saturated rings. The smallest absolute Gasteiger partial charge is 0.410 e. The highest BCUT2D eigenvalue weighted by Gasteiger charge is 2.34. The maximum absolute atomic E-state index is 11.6. The second-order valence-electron chi connectivity index (χ2n) is 3.90. The number of likely N-dealkylation sites (tertiary alicyclic amines) is 1. The molecule has 0 aromatic heterocycles. The van der Waals surface area contributed by atoms with Crippen LogP contribution >= 0.6 is 0 Å². The average molecular weight is 243 g/mol. The van der Waals surface area contributed by atoms with E-state index >= 15 is 0 Å².